The van der Waals surface area contributed by atoms with Crippen molar-refractivity contribution in [2.75, 3.05) is 0 Å². The number of hydrogen-bond donors (Lipinski definition) is 5. The smallest absolute Gasteiger partial charge is 0.290 e. The first-order valence-electron chi connectivity index (χ1n) is 5.14. The summed E-state index contributed by atoms with van der Waals surface area (Å²) in [5.41, 5.74) is 2.43. The molecule has 0 unspecified atom stereocenters. The average molecular weight is 297 g/mol. The van der Waals surface area contributed by atoms with E-state index in [-0.39, 0.29) is 0 Å². The maximum Gasteiger partial charge on any atom is 0.394 e. The lowest BCUT2D eigenvalue weighted by molar-refractivity contribution is -0.356. The molecule has 0 aliphatic carbocycles. The van der Waals surface area contributed by atoms with Gasteiger partial charge in [-0.25, -0.2) is 5.26 Å². The molecule has 9 heteroatoms. The van der Waals surface area contributed by atoms with Crippen LogP contribution in [0.15, 0.2) is 30.3 Å². The van der Waals surface area contributed by atoms with Gasteiger partial charge in [0.05, 0.1) is 0 Å². The molecule has 0 aromatic heterocycles. The van der Waals surface area contributed by atoms with Crippen molar-refractivity contribution in [1.29, 1.82) is 0 Å². The van der Waals surface area contributed by atoms with Gasteiger partial charge < -0.3 is 0 Å². The van der Waals surface area contributed by atoms with Crippen molar-refractivity contribution in [3.63, 3.8) is 0 Å². The molecule has 0 spiro atoms. The van der Waals surface area contributed by atoms with Gasteiger partial charge in [0.15, 0.2) is 0 Å². The van der Waals surface area contributed by atoms with Crippen LogP contribution in [-0.4, -0.2) is 28.0 Å². The first-order chi connectivity index (χ1) is 8.70. The average Bonchev–Trinajstić information content (AvgIpc) is 2.28. The largest absolute Gasteiger partial charge is 0.394 e. The Morgan fingerprint density at radius 3 is 1.84 bits per heavy atom. The van der Waals surface area contributed by atoms with Crippen molar-refractivity contribution >= 4 is 10.4 Å². The van der Waals surface area contributed by atoms with E-state index in [0.29, 0.717) is 0 Å². The second-order valence-corrected chi connectivity index (χ2v) is 4.61. The van der Waals surface area contributed by atoms with Crippen LogP contribution < -0.4 is 5.64 Å². The molecule has 1 rings (SSSR count). The van der Waals surface area contributed by atoms with Gasteiger partial charge in [-0.2, -0.15) is 8.42 Å². The SMILES string of the molecule is CC(C)Cc1ccccc1.O=S(=O)(O)O.ONOO. The summed E-state index contributed by atoms with van der Waals surface area (Å²) in [7, 11) is -4.67. The van der Waals surface area contributed by atoms with Gasteiger partial charge in [-0.05, 0) is 23.5 Å². The van der Waals surface area contributed by atoms with Crippen molar-refractivity contribution in [3.8, 4) is 0 Å². The minimum absolute atomic E-state index is 0.766. The van der Waals surface area contributed by atoms with Crippen LogP contribution in [0.3, 0.4) is 0 Å². The molecule has 8 nitrogen and oxygen atoms in total. The van der Waals surface area contributed by atoms with Crippen LogP contribution in [0.5, 0.6) is 0 Å². The highest BCUT2D eigenvalue weighted by Gasteiger charge is 1.94. The van der Waals surface area contributed by atoms with Gasteiger partial charge in [-0.1, -0.05) is 44.2 Å². The lowest BCUT2D eigenvalue weighted by atomic mass is 10.0. The lowest BCUT2D eigenvalue weighted by Crippen LogP contribution is -2.02. The van der Waals surface area contributed by atoms with E-state index in [1.54, 1.807) is 0 Å². The molecular formula is C10H19NO7S. The van der Waals surface area contributed by atoms with Gasteiger partial charge >= 0.3 is 10.4 Å². The summed E-state index contributed by atoms with van der Waals surface area (Å²) >= 11 is 0. The first kappa shape index (κ1) is 20.3. The van der Waals surface area contributed by atoms with E-state index >= 15 is 0 Å². The van der Waals surface area contributed by atoms with Crippen LogP contribution in [0.1, 0.15) is 19.4 Å². The Hall–Kier alpha value is -1.07. The lowest BCUT2D eigenvalue weighted by Gasteiger charge is -2.02. The van der Waals surface area contributed by atoms with Crippen LogP contribution in [0.4, 0.5) is 0 Å². The minimum Gasteiger partial charge on any atom is -0.290 e. The summed E-state index contributed by atoms with van der Waals surface area (Å²) in [6.07, 6.45) is 1.20. The minimum atomic E-state index is -4.67. The van der Waals surface area contributed by atoms with E-state index in [4.69, 9.17) is 28.0 Å². The van der Waals surface area contributed by atoms with Crippen molar-refractivity contribution in [2.24, 2.45) is 5.92 Å². The van der Waals surface area contributed by atoms with Crippen LogP contribution in [0.2, 0.25) is 0 Å². The van der Waals surface area contributed by atoms with Crippen molar-refractivity contribution in [3.05, 3.63) is 35.9 Å². The predicted octanol–water partition coefficient (Wildman–Crippen LogP) is 1.60. The predicted molar refractivity (Wildman–Crippen MR) is 67.8 cm³/mol. The van der Waals surface area contributed by atoms with Gasteiger partial charge in [-0.3, -0.25) is 14.3 Å². The summed E-state index contributed by atoms with van der Waals surface area (Å²) in [6, 6.07) is 10.6. The molecule has 0 atom stereocenters. The van der Waals surface area contributed by atoms with Gasteiger partial charge in [0, 0.05) is 0 Å². The van der Waals surface area contributed by atoms with Gasteiger partial charge in [0.1, 0.15) is 0 Å². The Labute approximate surface area is 112 Å². The van der Waals surface area contributed by atoms with Crippen molar-refractivity contribution in [2.45, 2.75) is 20.3 Å². The second-order valence-electron chi connectivity index (χ2n) is 3.71. The molecule has 0 aliphatic rings. The number of nitrogens with one attached hydrogen (secondary N) is 1. The molecule has 0 bridgehead atoms. The van der Waals surface area contributed by atoms with E-state index in [1.807, 2.05) is 0 Å². The Morgan fingerprint density at radius 1 is 1.21 bits per heavy atom. The molecule has 0 radical (unpaired) electrons. The Balaban J connectivity index is 0. The fraction of sp³-hybridized carbons (Fsp3) is 0.400. The van der Waals surface area contributed by atoms with Gasteiger partial charge in [0.25, 0.3) is 0 Å². The summed E-state index contributed by atoms with van der Waals surface area (Å²) in [5.74, 6) is 0.766. The Morgan fingerprint density at radius 2 is 1.58 bits per heavy atom. The van der Waals surface area contributed by atoms with Crippen molar-refractivity contribution in [1.82, 2.24) is 5.64 Å². The molecule has 1 aromatic rings. The third-order valence-corrected chi connectivity index (χ3v) is 1.53. The van der Waals surface area contributed by atoms with E-state index in [9.17, 15) is 0 Å². The van der Waals surface area contributed by atoms with Gasteiger partial charge in [0.2, 0.25) is 0 Å². The summed E-state index contributed by atoms with van der Waals surface area (Å²) in [4.78, 5) is 2.85. The fourth-order valence-corrected chi connectivity index (χ4v) is 1.09. The van der Waals surface area contributed by atoms with E-state index in [2.05, 4.69) is 49.2 Å². The standard InChI is InChI=1S/C10H14.H3NO3.H2O4S/c1-9(2)8-10-6-4-3-5-7-10;2-1-4-3;1-5(2,3)4/h3-7,9H,8H2,1-2H3;1-3H;(H2,1,2,3,4). The fourth-order valence-electron chi connectivity index (χ4n) is 1.09. The highest BCUT2D eigenvalue weighted by atomic mass is 32.3. The zero-order chi connectivity index (χ0) is 15.3. The highest BCUT2D eigenvalue weighted by molar-refractivity contribution is 7.79. The zero-order valence-corrected chi connectivity index (χ0v) is 11.4. The summed E-state index contributed by atoms with van der Waals surface area (Å²) in [6.45, 7) is 4.49. The number of benzene rings is 1. The topological polar surface area (TPSA) is 136 Å². The maximum atomic E-state index is 8.74. The normalized spacial score (nSPS) is 10.1. The van der Waals surface area contributed by atoms with E-state index in [1.165, 1.54) is 12.0 Å². The Bertz CT molecular complexity index is 384. The van der Waals surface area contributed by atoms with Crippen LogP contribution >= 0.6 is 0 Å². The molecule has 1 aromatic carbocycles. The molecule has 0 saturated heterocycles. The van der Waals surface area contributed by atoms with Crippen molar-refractivity contribution < 1.29 is 33.0 Å². The third-order valence-electron chi connectivity index (χ3n) is 1.53. The molecular weight excluding hydrogens is 278 g/mol. The summed E-state index contributed by atoms with van der Waals surface area (Å²) < 4.78 is 31.6. The monoisotopic (exact) mass is 297 g/mol. The van der Waals surface area contributed by atoms with Crippen LogP contribution in [-0.2, 0) is 21.8 Å². The second kappa shape index (κ2) is 12.0. The molecule has 5 N–H and O–H groups in total. The zero-order valence-electron chi connectivity index (χ0n) is 10.6. The molecule has 0 saturated carbocycles. The quantitative estimate of drug-likeness (QED) is 0.322. The Kier molecular flexibility index (Phi) is 12.8. The maximum absolute atomic E-state index is 8.74. The van der Waals surface area contributed by atoms with E-state index in [0.717, 1.165) is 11.6 Å². The van der Waals surface area contributed by atoms with E-state index < -0.39 is 10.4 Å². The highest BCUT2D eigenvalue weighted by Crippen LogP contribution is 2.05. The summed E-state index contributed by atoms with van der Waals surface area (Å²) in [5, 5.41) is 14.2. The molecule has 0 amide bonds. The molecule has 19 heavy (non-hydrogen) atoms. The third kappa shape index (κ3) is 26.5. The number of hydrogen-bond acceptors (Lipinski definition) is 6. The molecule has 0 aliphatic heterocycles. The molecule has 0 fully saturated rings. The van der Waals surface area contributed by atoms with Crippen LogP contribution in [0, 0.1) is 5.92 Å². The molecule has 0 heterocycles. The van der Waals surface area contributed by atoms with Crippen LogP contribution in [0.25, 0.3) is 0 Å². The first-order valence-corrected chi connectivity index (χ1v) is 6.53. The number of rotatable bonds is 3. The van der Waals surface area contributed by atoms with Gasteiger partial charge in [-0.15, -0.1) is 4.99 Å². The molecule has 112 valence electrons.